The molecule has 0 heterocycles. The highest BCUT2D eigenvalue weighted by Crippen LogP contribution is 2.18. The van der Waals surface area contributed by atoms with Crippen LogP contribution in [0.2, 0.25) is 0 Å². The predicted molar refractivity (Wildman–Crippen MR) is 353 cm³/mol. The van der Waals surface area contributed by atoms with E-state index in [1.54, 1.807) is 0 Å². The number of allylic oxidation sites excluding steroid dienone is 8. The summed E-state index contributed by atoms with van der Waals surface area (Å²) in [7, 11) is 0. The second kappa shape index (κ2) is 69.9. The van der Waals surface area contributed by atoms with Crippen LogP contribution in [-0.4, -0.2) is 37.2 Å². The lowest BCUT2D eigenvalue weighted by atomic mass is 10.0. The van der Waals surface area contributed by atoms with Crippen LogP contribution >= 0.6 is 0 Å². The van der Waals surface area contributed by atoms with E-state index < -0.39 is 6.10 Å². The summed E-state index contributed by atoms with van der Waals surface area (Å²) in [5.41, 5.74) is 0. The molecule has 0 aliphatic heterocycles. The molecule has 0 saturated heterocycles. The molecule has 0 radical (unpaired) electrons. The lowest BCUT2D eigenvalue weighted by Gasteiger charge is -2.18. The van der Waals surface area contributed by atoms with Crippen molar-refractivity contribution in [3.8, 4) is 0 Å². The number of rotatable bonds is 67. The Balaban J connectivity index is 4.24. The molecule has 6 heteroatoms. The van der Waals surface area contributed by atoms with Gasteiger partial charge in [-0.2, -0.15) is 0 Å². The minimum atomic E-state index is -0.777. The average Bonchev–Trinajstić information content (AvgIpc) is 3.46. The first kappa shape index (κ1) is 78.4. The molecule has 1 unspecified atom stereocenters. The van der Waals surface area contributed by atoms with Crippen molar-refractivity contribution >= 4 is 17.9 Å². The van der Waals surface area contributed by atoms with Crippen LogP contribution in [0.25, 0.3) is 0 Å². The Labute approximate surface area is 505 Å². The minimum absolute atomic E-state index is 0.0725. The van der Waals surface area contributed by atoms with Gasteiger partial charge >= 0.3 is 17.9 Å². The van der Waals surface area contributed by atoms with Crippen molar-refractivity contribution < 1.29 is 28.6 Å². The summed E-state index contributed by atoms with van der Waals surface area (Å²) in [5.74, 6) is -0.857. The maximum absolute atomic E-state index is 13.0. The van der Waals surface area contributed by atoms with Gasteiger partial charge in [0.15, 0.2) is 6.10 Å². The maximum Gasteiger partial charge on any atom is 0.306 e. The van der Waals surface area contributed by atoms with Gasteiger partial charge in [-0.3, -0.25) is 14.4 Å². The minimum Gasteiger partial charge on any atom is -0.462 e. The number of carbonyl (C=O) groups excluding carboxylic acids is 3. The van der Waals surface area contributed by atoms with Crippen molar-refractivity contribution in [1.29, 1.82) is 0 Å². The summed E-state index contributed by atoms with van der Waals surface area (Å²) in [6.45, 7) is 6.67. The molecule has 0 amide bonds. The van der Waals surface area contributed by atoms with Gasteiger partial charge in [-0.25, -0.2) is 0 Å². The van der Waals surface area contributed by atoms with Crippen LogP contribution in [0.3, 0.4) is 0 Å². The fraction of sp³-hybridized carbons (Fsp3) is 0.853. The van der Waals surface area contributed by atoms with Crippen molar-refractivity contribution in [3.63, 3.8) is 0 Å². The van der Waals surface area contributed by atoms with Gasteiger partial charge in [-0.15, -0.1) is 0 Å². The molecule has 1 atom stereocenters. The van der Waals surface area contributed by atoms with Gasteiger partial charge in [-0.1, -0.05) is 320 Å². The Kier molecular flexibility index (Phi) is 67.6. The largest absolute Gasteiger partial charge is 0.462 e. The normalized spacial score (nSPS) is 12.3. The molecule has 0 aliphatic carbocycles. The summed E-state index contributed by atoms with van der Waals surface area (Å²) in [5, 5.41) is 0. The average molecular weight is 1140 g/mol. The summed E-state index contributed by atoms with van der Waals surface area (Å²) in [4.78, 5) is 38.4. The quantitative estimate of drug-likeness (QED) is 0.0261. The molecule has 0 fully saturated rings. The molecule has 0 rings (SSSR count). The first-order valence-corrected chi connectivity index (χ1v) is 36.1. The van der Waals surface area contributed by atoms with Crippen molar-refractivity contribution in [1.82, 2.24) is 0 Å². The van der Waals surface area contributed by atoms with E-state index in [2.05, 4.69) is 69.4 Å². The topological polar surface area (TPSA) is 78.9 Å². The van der Waals surface area contributed by atoms with Crippen molar-refractivity contribution in [2.45, 2.75) is 399 Å². The van der Waals surface area contributed by atoms with E-state index >= 15 is 0 Å². The van der Waals surface area contributed by atoms with E-state index in [4.69, 9.17) is 14.2 Å². The third-order valence-electron chi connectivity index (χ3n) is 16.3. The number of ether oxygens (including phenoxy) is 3. The van der Waals surface area contributed by atoms with Gasteiger partial charge < -0.3 is 14.2 Å². The van der Waals surface area contributed by atoms with Crippen molar-refractivity contribution in [2.75, 3.05) is 13.2 Å². The standard InChI is InChI=1S/C75H138O6/c1-4-7-10-13-16-19-22-25-27-29-31-33-35-37-39-41-43-45-47-50-53-56-59-62-65-68-74(77)80-71-72(70-79-73(76)67-64-61-58-55-52-49-24-21-18-15-12-9-6-3)81-75(78)69-66-63-60-57-54-51-48-46-44-42-40-38-36-34-32-30-28-26-23-20-17-14-11-8-5-2/h21-22,24-25,29-32,72H,4-20,23,26-28,33-71H2,1-3H3/b24-21-,25-22-,31-29-,32-30-. The summed E-state index contributed by atoms with van der Waals surface area (Å²) in [6, 6.07) is 0. The number of carbonyl (C=O) groups is 3. The lowest BCUT2D eigenvalue weighted by Crippen LogP contribution is -2.30. The smallest absolute Gasteiger partial charge is 0.306 e. The molecular weight excluding hydrogens is 997 g/mol. The maximum atomic E-state index is 13.0. The summed E-state index contributed by atoms with van der Waals surface area (Å²) in [6.07, 6.45) is 88.6. The molecule has 474 valence electrons. The molecule has 0 aromatic carbocycles. The zero-order valence-corrected chi connectivity index (χ0v) is 54.6. The molecule has 0 bridgehead atoms. The fourth-order valence-electron chi connectivity index (χ4n) is 10.8. The summed E-state index contributed by atoms with van der Waals surface area (Å²) >= 11 is 0. The molecule has 6 nitrogen and oxygen atoms in total. The second-order valence-corrected chi connectivity index (χ2v) is 24.5. The number of unbranched alkanes of at least 4 members (excludes halogenated alkanes) is 48. The second-order valence-electron chi connectivity index (χ2n) is 24.5. The Morgan fingerprint density at radius 1 is 0.247 bits per heavy atom. The van der Waals surface area contributed by atoms with Crippen molar-refractivity contribution in [2.24, 2.45) is 0 Å². The Morgan fingerprint density at radius 3 is 0.704 bits per heavy atom. The molecular formula is C75H138O6. The molecule has 0 aliphatic rings. The van der Waals surface area contributed by atoms with Gasteiger partial charge in [0.25, 0.3) is 0 Å². The molecule has 0 spiro atoms. The van der Waals surface area contributed by atoms with Crippen LogP contribution in [0.5, 0.6) is 0 Å². The molecule has 0 aromatic rings. The van der Waals surface area contributed by atoms with Gasteiger partial charge in [0, 0.05) is 19.3 Å². The Bertz CT molecular complexity index is 1400. The van der Waals surface area contributed by atoms with Crippen LogP contribution in [0.1, 0.15) is 393 Å². The summed E-state index contributed by atoms with van der Waals surface area (Å²) < 4.78 is 17.0. The van der Waals surface area contributed by atoms with Crippen LogP contribution in [0.4, 0.5) is 0 Å². The SMILES string of the molecule is CCCCCC/C=C\CCCCCCCC(=O)OCC(COC(=O)CCCCCCCCCCCCCCC/C=C\C/C=C\CCCCCCC)OC(=O)CCCCCCCCCCCCCCC/C=C\CCCCCCCCCC. The van der Waals surface area contributed by atoms with Crippen LogP contribution in [0, 0.1) is 0 Å². The van der Waals surface area contributed by atoms with E-state index in [9.17, 15) is 14.4 Å². The van der Waals surface area contributed by atoms with E-state index in [0.717, 1.165) is 70.6 Å². The lowest BCUT2D eigenvalue weighted by molar-refractivity contribution is -0.167. The monoisotopic (exact) mass is 1140 g/mol. The molecule has 0 saturated carbocycles. The molecule has 0 aromatic heterocycles. The number of hydrogen-bond acceptors (Lipinski definition) is 6. The van der Waals surface area contributed by atoms with Crippen LogP contribution in [-0.2, 0) is 28.6 Å². The first-order valence-electron chi connectivity index (χ1n) is 36.1. The first-order chi connectivity index (χ1) is 40.0. The van der Waals surface area contributed by atoms with Crippen molar-refractivity contribution in [3.05, 3.63) is 48.6 Å². The predicted octanol–water partition coefficient (Wildman–Crippen LogP) is 24.9. The Hall–Kier alpha value is -2.63. The molecule has 0 N–H and O–H groups in total. The highest BCUT2D eigenvalue weighted by atomic mass is 16.6. The molecule has 81 heavy (non-hydrogen) atoms. The van der Waals surface area contributed by atoms with Crippen LogP contribution in [0.15, 0.2) is 48.6 Å². The van der Waals surface area contributed by atoms with Gasteiger partial charge in [0.2, 0.25) is 0 Å². The zero-order valence-electron chi connectivity index (χ0n) is 54.6. The highest BCUT2D eigenvalue weighted by molar-refractivity contribution is 5.71. The van der Waals surface area contributed by atoms with Crippen LogP contribution < -0.4 is 0 Å². The zero-order chi connectivity index (χ0) is 58.5. The van der Waals surface area contributed by atoms with Gasteiger partial charge in [-0.05, 0) is 103 Å². The third kappa shape index (κ3) is 68.0. The van der Waals surface area contributed by atoms with Gasteiger partial charge in [0.05, 0.1) is 0 Å². The number of hydrogen-bond donors (Lipinski definition) is 0. The van der Waals surface area contributed by atoms with E-state index in [1.165, 1.54) is 283 Å². The van der Waals surface area contributed by atoms with E-state index in [-0.39, 0.29) is 31.1 Å². The third-order valence-corrected chi connectivity index (χ3v) is 16.3. The highest BCUT2D eigenvalue weighted by Gasteiger charge is 2.19. The van der Waals surface area contributed by atoms with E-state index in [1.807, 2.05) is 0 Å². The number of esters is 3. The fourth-order valence-corrected chi connectivity index (χ4v) is 10.8. The van der Waals surface area contributed by atoms with Gasteiger partial charge in [0.1, 0.15) is 13.2 Å². The Morgan fingerprint density at radius 2 is 0.444 bits per heavy atom. The van der Waals surface area contributed by atoms with E-state index in [0.29, 0.717) is 19.3 Å².